The number of rotatable bonds is 7. The average Bonchev–Trinajstić information content (AvgIpc) is 3.14. The number of imidazole rings is 1. The van der Waals surface area contributed by atoms with Gasteiger partial charge in [0.05, 0.1) is 22.0 Å². The first-order chi connectivity index (χ1) is 15.8. The van der Waals surface area contributed by atoms with Crippen LogP contribution in [0, 0.1) is 0 Å². The van der Waals surface area contributed by atoms with Gasteiger partial charge in [0, 0.05) is 33.1 Å². The Morgan fingerprint density at radius 3 is 2.39 bits per heavy atom. The van der Waals surface area contributed by atoms with Crippen molar-refractivity contribution >= 4 is 27.0 Å². The zero-order valence-corrected chi connectivity index (χ0v) is 19.6. The van der Waals surface area contributed by atoms with E-state index in [9.17, 15) is 13.2 Å². The Morgan fingerprint density at radius 1 is 1.00 bits per heavy atom. The van der Waals surface area contributed by atoms with Crippen LogP contribution in [-0.4, -0.2) is 42.3 Å². The Bertz CT molecular complexity index is 1400. The minimum atomic E-state index is -3.64. The third-order valence-corrected chi connectivity index (χ3v) is 7.46. The van der Waals surface area contributed by atoms with Gasteiger partial charge in [0.25, 0.3) is 5.91 Å². The highest BCUT2D eigenvalue weighted by Crippen LogP contribution is 2.22. The molecule has 0 radical (unpaired) electrons. The quantitative estimate of drug-likeness (QED) is 0.455. The van der Waals surface area contributed by atoms with E-state index in [1.807, 2.05) is 66.2 Å². The van der Waals surface area contributed by atoms with Gasteiger partial charge < -0.3 is 9.88 Å². The Labute approximate surface area is 193 Å². The van der Waals surface area contributed by atoms with Gasteiger partial charge in [-0.15, -0.1) is 0 Å². The summed E-state index contributed by atoms with van der Waals surface area (Å²) < 4.78 is 28.2. The van der Waals surface area contributed by atoms with Crippen molar-refractivity contribution in [3.05, 3.63) is 95.8 Å². The van der Waals surface area contributed by atoms with Crippen molar-refractivity contribution in [1.82, 2.24) is 19.2 Å². The summed E-state index contributed by atoms with van der Waals surface area (Å²) in [4.78, 5) is 18.0. The van der Waals surface area contributed by atoms with Crippen LogP contribution in [0.5, 0.6) is 0 Å². The number of sulfonamides is 1. The molecule has 170 valence electrons. The first-order valence-corrected chi connectivity index (χ1v) is 12.0. The lowest BCUT2D eigenvalue weighted by molar-refractivity contribution is 0.0936. The lowest BCUT2D eigenvalue weighted by Gasteiger charge is -2.20. The second kappa shape index (κ2) is 9.17. The van der Waals surface area contributed by atoms with E-state index < -0.39 is 10.0 Å². The van der Waals surface area contributed by atoms with Crippen molar-refractivity contribution in [2.24, 2.45) is 7.05 Å². The average molecular weight is 463 g/mol. The molecule has 1 aromatic heterocycles. The van der Waals surface area contributed by atoms with Gasteiger partial charge in [-0.25, -0.2) is 17.7 Å². The lowest BCUT2D eigenvalue weighted by atomic mass is 10.0. The summed E-state index contributed by atoms with van der Waals surface area (Å²) in [5.74, 6) is 0.493. The molecule has 1 atom stereocenters. The second-order valence-corrected chi connectivity index (χ2v) is 10.2. The van der Waals surface area contributed by atoms with Crippen LogP contribution in [0.25, 0.3) is 11.0 Å². The summed E-state index contributed by atoms with van der Waals surface area (Å²) in [5, 5.41) is 3.08. The van der Waals surface area contributed by atoms with Crippen molar-refractivity contribution < 1.29 is 13.2 Å². The standard InChI is InChI=1S/C25H26N4O3S/c1-28(2)33(31,32)20-13-9-12-19(16-20)25(30)27-22(18-10-5-4-6-11-18)17-24-26-21-14-7-8-15-23(21)29(24)3/h4-16,22H,17H2,1-3H3,(H,27,30)/t22-/m0/s1. The molecule has 1 amide bonds. The van der Waals surface area contributed by atoms with Gasteiger partial charge in [-0.05, 0) is 35.9 Å². The van der Waals surface area contributed by atoms with Crippen molar-refractivity contribution in [2.75, 3.05) is 14.1 Å². The van der Waals surface area contributed by atoms with Crippen LogP contribution in [0.15, 0.2) is 83.8 Å². The van der Waals surface area contributed by atoms with Gasteiger partial charge in [-0.2, -0.15) is 0 Å². The van der Waals surface area contributed by atoms with Crippen LogP contribution < -0.4 is 5.32 Å². The Morgan fingerprint density at radius 2 is 1.70 bits per heavy atom. The molecule has 1 heterocycles. The topological polar surface area (TPSA) is 84.3 Å². The van der Waals surface area contributed by atoms with Gasteiger partial charge in [0.2, 0.25) is 10.0 Å². The van der Waals surface area contributed by atoms with E-state index in [0.29, 0.717) is 6.42 Å². The number of benzene rings is 3. The predicted molar refractivity (Wildman–Crippen MR) is 128 cm³/mol. The van der Waals surface area contributed by atoms with Gasteiger partial charge >= 0.3 is 0 Å². The number of carbonyl (C=O) groups is 1. The number of hydrogen-bond acceptors (Lipinski definition) is 4. The summed E-state index contributed by atoms with van der Waals surface area (Å²) in [7, 11) is 1.25. The van der Waals surface area contributed by atoms with Crippen LogP contribution in [0.3, 0.4) is 0 Å². The van der Waals surface area contributed by atoms with E-state index >= 15 is 0 Å². The fraction of sp³-hybridized carbons (Fsp3) is 0.200. The van der Waals surface area contributed by atoms with Crippen LogP contribution in [-0.2, 0) is 23.5 Å². The Kier molecular flexibility index (Phi) is 6.31. The van der Waals surface area contributed by atoms with Crippen LogP contribution in [0.1, 0.15) is 27.8 Å². The number of amides is 1. The summed E-state index contributed by atoms with van der Waals surface area (Å²) in [6, 6.07) is 23.3. The molecule has 0 bridgehead atoms. The van der Waals surface area contributed by atoms with Gasteiger partial charge in [0.15, 0.2) is 0 Å². The zero-order chi connectivity index (χ0) is 23.6. The normalized spacial score (nSPS) is 12.7. The predicted octanol–water partition coefficient (Wildman–Crippen LogP) is 3.54. The third-order valence-electron chi connectivity index (χ3n) is 5.65. The minimum absolute atomic E-state index is 0.0757. The SMILES string of the molecule is CN(C)S(=O)(=O)c1cccc(C(=O)N[C@@H](Cc2nc3ccccc3n2C)c2ccccc2)c1. The number of aryl methyl sites for hydroxylation is 1. The maximum absolute atomic E-state index is 13.2. The summed E-state index contributed by atoms with van der Waals surface area (Å²) >= 11 is 0. The number of fused-ring (bicyclic) bond motifs is 1. The van der Waals surface area contributed by atoms with Crippen LogP contribution in [0.4, 0.5) is 0 Å². The largest absolute Gasteiger partial charge is 0.345 e. The van der Waals surface area contributed by atoms with Crippen LogP contribution in [0.2, 0.25) is 0 Å². The van der Waals surface area contributed by atoms with Crippen LogP contribution >= 0.6 is 0 Å². The maximum atomic E-state index is 13.2. The lowest BCUT2D eigenvalue weighted by Crippen LogP contribution is -2.31. The van der Waals surface area contributed by atoms with Gasteiger partial charge in [0.1, 0.15) is 5.82 Å². The highest BCUT2D eigenvalue weighted by molar-refractivity contribution is 7.89. The number of para-hydroxylation sites is 2. The number of nitrogens with zero attached hydrogens (tertiary/aromatic N) is 3. The van der Waals surface area contributed by atoms with E-state index in [1.54, 1.807) is 12.1 Å². The molecule has 0 aliphatic carbocycles. The summed E-state index contributed by atoms with van der Waals surface area (Å²) in [5.41, 5.74) is 3.14. The molecule has 8 heteroatoms. The molecule has 0 aliphatic heterocycles. The maximum Gasteiger partial charge on any atom is 0.251 e. The molecule has 0 fully saturated rings. The second-order valence-electron chi connectivity index (χ2n) is 8.03. The van der Waals surface area contributed by atoms with E-state index in [1.165, 1.54) is 26.2 Å². The highest BCUT2D eigenvalue weighted by atomic mass is 32.2. The van der Waals surface area contributed by atoms with E-state index in [-0.39, 0.29) is 22.4 Å². The van der Waals surface area contributed by atoms with Gasteiger partial charge in [-0.1, -0.05) is 48.5 Å². The van der Waals surface area contributed by atoms with Crippen molar-refractivity contribution in [2.45, 2.75) is 17.4 Å². The van der Waals surface area contributed by atoms with E-state index in [0.717, 1.165) is 26.7 Å². The first kappa shape index (κ1) is 22.7. The molecular formula is C25H26N4O3S. The van der Waals surface area contributed by atoms with Crippen molar-refractivity contribution in [1.29, 1.82) is 0 Å². The molecule has 4 aromatic rings. The molecule has 0 saturated carbocycles. The molecule has 3 aromatic carbocycles. The fourth-order valence-corrected chi connectivity index (χ4v) is 4.70. The molecule has 0 aliphatic rings. The number of aromatic nitrogens is 2. The molecule has 0 spiro atoms. The molecule has 0 saturated heterocycles. The van der Waals surface area contributed by atoms with Crippen molar-refractivity contribution in [3.8, 4) is 0 Å². The van der Waals surface area contributed by atoms with Gasteiger partial charge in [-0.3, -0.25) is 4.79 Å². The van der Waals surface area contributed by atoms with E-state index in [2.05, 4.69) is 5.32 Å². The molecule has 0 unspecified atom stereocenters. The Hall–Kier alpha value is -3.49. The Balaban J connectivity index is 1.65. The first-order valence-electron chi connectivity index (χ1n) is 10.6. The molecule has 7 nitrogen and oxygen atoms in total. The molecule has 33 heavy (non-hydrogen) atoms. The molecule has 1 N–H and O–H groups in total. The summed E-state index contributed by atoms with van der Waals surface area (Å²) in [6.45, 7) is 0. The molecular weight excluding hydrogens is 436 g/mol. The monoisotopic (exact) mass is 462 g/mol. The summed E-state index contributed by atoms with van der Waals surface area (Å²) in [6.07, 6.45) is 0.483. The highest BCUT2D eigenvalue weighted by Gasteiger charge is 2.22. The van der Waals surface area contributed by atoms with E-state index in [4.69, 9.17) is 4.98 Å². The fourth-order valence-electron chi connectivity index (χ4n) is 3.75. The minimum Gasteiger partial charge on any atom is -0.345 e. The van der Waals surface area contributed by atoms with Crippen molar-refractivity contribution in [3.63, 3.8) is 0 Å². The molecule has 4 rings (SSSR count). The zero-order valence-electron chi connectivity index (χ0n) is 18.8. The smallest absolute Gasteiger partial charge is 0.251 e. The number of nitrogens with one attached hydrogen (secondary N) is 1. The number of carbonyl (C=O) groups excluding carboxylic acids is 1. The third kappa shape index (κ3) is 4.67. The number of hydrogen-bond donors (Lipinski definition) is 1.